The van der Waals surface area contributed by atoms with E-state index in [9.17, 15) is 14.4 Å². The van der Waals surface area contributed by atoms with Gasteiger partial charge in [-0.2, -0.15) is 5.10 Å². The summed E-state index contributed by atoms with van der Waals surface area (Å²) in [7, 11) is 0. The quantitative estimate of drug-likeness (QED) is 0.114. The third-order valence-electron chi connectivity index (χ3n) is 11.2. The Kier molecular flexibility index (Phi) is 13.6. The average Bonchev–Trinajstić information content (AvgIpc) is 3.68. The molecule has 61 heavy (non-hydrogen) atoms. The normalized spacial score (nSPS) is 15.1. The number of aromatic nitrogens is 4. The maximum absolute atomic E-state index is 13.6. The van der Waals surface area contributed by atoms with Crippen LogP contribution < -0.4 is 16.0 Å². The van der Waals surface area contributed by atoms with Crippen molar-refractivity contribution in [2.45, 2.75) is 98.6 Å². The molecular formula is C47H59N9O5. The van der Waals surface area contributed by atoms with Crippen molar-refractivity contribution in [2.75, 3.05) is 44.7 Å². The molecule has 2 fully saturated rings. The third-order valence-corrected chi connectivity index (χ3v) is 11.2. The lowest BCUT2D eigenvalue weighted by Gasteiger charge is -2.35. The second-order valence-corrected chi connectivity index (χ2v) is 16.9. The Labute approximate surface area is 358 Å². The highest BCUT2D eigenvalue weighted by molar-refractivity contribution is 5.97. The Balaban J connectivity index is 0.976. The summed E-state index contributed by atoms with van der Waals surface area (Å²) in [6, 6.07) is 19.9. The topological polar surface area (TPSA) is 156 Å². The summed E-state index contributed by atoms with van der Waals surface area (Å²) in [5.74, 6) is -0.754. The largest absolute Gasteiger partial charge is 0.444 e. The minimum absolute atomic E-state index is 0.153. The summed E-state index contributed by atoms with van der Waals surface area (Å²) in [4.78, 5) is 53.2. The van der Waals surface area contributed by atoms with E-state index in [1.807, 2.05) is 44.6 Å². The maximum Gasteiger partial charge on any atom is 0.410 e. The van der Waals surface area contributed by atoms with Crippen LogP contribution in [-0.4, -0.2) is 98.5 Å². The van der Waals surface area contributed by atoms with Gasteiger partial charge >= 0.3 is 6.09 Å². The number of pyridine rings is 2. The van der Waals surface area contributed by atoms with Crippen LogP contribution in [0, 0.1) is 6.92 Å². The maximum atomic E-state index is 13.6. The van der Waals surface area contributed by atoms with Crippen LogP contribution in [0.4, 0.5) is 10.5 Å². The molecule has 2 aliphatic heterocycles. The summed E-state index contributed by atoms with van der Waals surface area (Å²) in [6.07, 6.45) is 4.04. The molecule has 0 unspecified atom stereocenters. The lowest BCUT2D eigenvalue weighted by Crippen LogP contribution is -2.49. The molecule has 7 rings (SSSR count). The molecule has 2 aromatic carbocycles. The zero-order valence-corrected chi connectivity index (χ0v) is 36.3. The summed E-state index contributed by atoms with van der Waals surface area (Å²) in [5, 5.41) is 15.3. The second kappa shape index (κ2) is 19.2. The SMILES string of the molecule is CCc1nc2c(cnn2CC)c(NC2CCOCC2)c1CNC(=O)c1cccc(C(=O)NCc2ccc(C)c(-c3cccc(CN4CCN(C(=O)OC(C)(C)C)CC4)c3)c2)n1. The van der Waals surface area contributed by atoms with Crippen molar-refractivity contribution in [3.05, 3.63) is 106 Å². The van der Waals surface area contributed by atoms with Gasteiger partial charge in [0, 0.05) is 82.9 Å². The molecule has 0 spiro atoms. The standard InChI is InChI=1S/C47H59N9O5/c1-7-39-37(42(51-35-17-23-60-24-18-35)38-29-50-56(8-2)43(38)53-39)28-49-45(58)41-14-10-13-40(52-41)44(57)48-27-32-16-15-31(3)36(26-32)34-12-9-11-33(25-34)30-54-19-21-55(22-20-54)46(59)61-47(4,5)6/h9-16,25-26,29,35H,7-8,17-24,27-28,30H2,1-6H3,(H,48,57)(H,49,58)(H,51,53). The highest BCUT2D eigenvalue weighted by atomic mass is 16.6. The number of amides is 3. The number of fused-ring (bicyclic) bond motifs is 1. The van der Waals surface area contributed by atoms with Gasteiger partial charge in [0.15, 0.2) is 5.65 Å². The van der Waals surface area contributed by atoms with Crippen molar-refractivity contribution in [1.82, 2.24) is 40.2 Å². The van der Waals surface area contributed by atoms with Crippen LogP contribution in [0.25, 0.3) is 22.2 Å². The van der Waals surface area contributed by atoms with Gasteiger partial charge in [0.25, 0.3) is 11.8 Å². The summed E-state index contributed by atoms with van der Waals surface area (Å²) >= 11 is 0. The fourth-order valence-corrected chi connectivity index (χ4v) is 7.92. The molecule has 0 atom stereocenters. The van der Waals surface area contributed by atoms with E-state index in [1.165, 1.54) is 5.56 Å². The van der Waals surface area contributed by atoms with Gasteiger partial charge in [-0.3, -0.25) is 14.5 Å². The van der Waals surface area contributed by atoms with Gasteiger partial charge in [0.05, 0.1) is 17.3 Å². The Morgan fingerprint density at radius 1 is 0.852 bits per heavy atom. The van der Waals surface area contributed by atoms with Crippen molar-refractivity contribution in [3.63, 3.8) is 0 Å². The number of carbonyl (C=O) groups excluding carboxylic acids is 3. The van der Waals surface area contributed by atoms with E-state index >= 15 is 0 Å². The van der Waals surface area contributed by atoms with Crippen LogP contribution in [-0.2, 0) is 42.1 Å². The Bertz CT molecular complexity index is 2360. The van der Waals surface area contributed by atoms with E-state index in [0.29, 0.717) is 45.8 Å². The predicted molar refractivity (Wildman–Crippen MR) is 236 cm³/mol. The first-order valence-electron chi connectivity index (χ1n) is 21.5. The van der Waals surface area contributed by atoms with Crippen LogP contribution in [0.15, 0.2) is 66.9 Å². The average molecular weight is 830 g/mol. The monoisotopic (exact) mass is 829 g/mol. The molecular weight excluding hydrogens is 771 g/mol. The molecule has 14 heteroatoms. The summed E-state index contributed by atoms with van der Waals surface area (Å²) < 4.78 is 13.1. The van der Waals surface area contributed by atoms with Crippen molar-refractivity contribution >= 4 is 34.6 Å². The fraction of sp³-hybridized carbons (Fsp3) is 0.447. The number of nitrogens with one attached hydrogen (secondary N) is 3. The molecule has 0 radical (unpaired) electrons. The van der Waals surface area contributed by atoms with Crippen molar-refractivity contribution in [1.29, 1.82) is 0 Å². The fourth-order valence-electron chi connectivity index (χ4n) is 7.92. The van der Waals surface area contributed by atoms with Crippen LogP contribution in [0.3, 0.4) is 0 Å². The molecule has 322 valence electrons. The molecule has 0 aliphatic carbocycles. The number of benzene rings is 2. The number of ether oxygens (including phenoxy) is 2. The summed E-state index contributed by atoms with van der Waals surface area (Å²) in [5.41, 5.74) is 8.81. The number of carbonyl (C=O) groups is 3. The van der Waals surface area contributed by atoms with E-state index in [0.717, 1.165) is 82.7 Å². The highest BCUT2D eigenvalue weighted by Gasteiger charge is 2.26. The van der Waals surface area contributed by atoms with Crippen LogP contribution in [0.1, 0.15) is 96.4 Å². The highest BCUT2D eigenvalue weighted by Crippen LogP contribution is 2.32. The molecule has 2 saturated heterocycles. The van der Waals surface area contributed by atoms with Gasteiger partial charge in [-0.1, -0.05) is 43.3 Å². The molecule has 0 bridgehead atoms. The van der Waals surface area contributed by atoms with Gasteiger partial charge in [0.2, 0.25) is 0 Å². The van der Waals surface area contributed by atoms with Crippen molar-refractivity contribution in [2.24, 2.45) is 0 Å². The number of piperazine rings is 1. The van der Waals surface area contributed by atoms with Crippen molar-refractivity contribution in [3.8, 4) is 11.1 Å². The molecule has 14 nitrogen and oxygen atoms in total. The number of rotatable bonds is 13. The number of aryl methyl sites for hydroxylation is 3. The van der Waals surface area contributed by atoms with Crippen LogP contribution in [0.2, 0.25) is 0 Å². The Morgan fingerprint density at radius 2 is 1.56 bits per heavy atom. The zero-order chi connectivity index (χ0) is 43.1. The first kappa shape index (κ1) is 43.2. The van der Waals surface area contributed by atoms with Crippen molar-refractivity contribution < 1.29 is 23.9 Å². The minimum atomic E-state index is -0.511. The molecule has 3 amide bonds. The number of anilines is 1. The van der Waals surface area contributed by atoms with E-state index in [2.05, 4.69) is 81.2 Å². The second-order valence-electron chi connectivity index (χ2n) is 16.9. The molecule has 5 aromatic rings. The van der Waals surface area contributed by atoms with Crippen LogP contribution in [0.5, 0.6) is 0 Å². The lowest BCUT2D eigenvalue weighted by molar-refractivity contribution is 0.0139. The van der Waals surface area contributed by atoms with Gasteiger partial charge in [0.1, 0.15) is 17.0 Å². The number of hydrogen-bond acceptors (Lipinski definition) is 10. The Hall–Kier alpha value is -5.86. The van der Waals surface area contributed by atoms with E-state index in [-0.39, 0.29) is 41.9 Å². The van der Waals surface area contributed by atoms with Gasteiger partial charge in [-0.25, -0.2) is 19.4 Å². The third kappa shape index (κ3) is 10.7. The van der Waals surface area contributed by atoms with E-state index < -0.39 is 5.60 Å². The summed E-state index contributed by atoms with van der Waals surface area (Å²) in [6.45, 7) is 18.1. The number of nitrogens with zero attached hydrogens (tertiary/aromatic N) is 6. The first-order valence-corrected chi connectivity index (χ1v) is 21.5. The molecule has 2 aliphatic rings. The lowest BCUT2D eigenvalue weighted by atomic mass is 9.96. The number of hydrogen-bond donors (Lipinski definition) is 3. The van der Waals surface area contributed by atoms with Gasteiger partial charge in [-0.05, 0) is 106 Å². The first-order chi connectivity index (χ1) is 29.4. The van der Waals surface area contributed by atoms with Gasteiger partial charge < -0.3 is 30.3 Å². The zero-order valence-electron chi connectivity index (χ0n) is 36.3. The van der Waals surface area contributed by atoms with E-state index in [1.54, 1.807) is 23.1 Å². The molecule has 5 heterocycles. The molecule has 0 saturated carbocycles. The smallest absolute Gasteiger partial charge is 0.410 e. The van der Waals surface area contributed by atoms with Crippen LogP contribution >= 0.6 is 0 Å². The van der Waals surface area contributed by atoms with E-state index in [4.69, 9.17) is 14.5 Å². The molecule has 3 aromatic heterocycles. The minimum Gasteiger partial charge on any atom is -0.444 e. The Morgan fingerprint density at radius 3 is 2.25 bits per heavy atom. The van der Waals surface area contributed by atoms with Gasteiger partial charge in [-0.15, -0.1) is 0 Å². The molecule has 3 N–H and O–H groups in total. The predicted octanol–water partition coefficient (Wildman–Crippen LogP) is 6.89.